The first-order valence-electron chi connectivity index (χ1n) is 5.27. The first-order chi connectivity index (χ1) is 7.70. The molecule has 2 heterocycles. The van der Waals surface area contributed by atoms with Gasteiger partial charge in [0.25, 0.3) is 5.91 Å². The molecule has 1 amide bonds. The zero-order valence-corrected chi connectivity index (χ0v) is 9.18. The maximum Gasteiger partial charge on any atom is 0.271 e. The molecule has 1 aliphatic rings. The Balaban J connectivity index is 2.10. The minimum Gasteiger partial charge on any atom is -0.354 e. The van der Waals surface area contributed by atoms with E-state index >= 15 is 0 Å². The maximum atomic E-state index is 11.3. The van der Waals surface area contributed by atoms with Crippen LogP contribution in [-0.2, 0) is 0 Å². The van der Waals surface area contributed by atoms with Crippen molar-refractivity contribution in [3.63, 3.8) is 0 Å². The standard InChI is InChI=1S/C10H15N5O/c1-12-10(16)8-2-3-9(14-13-8)15-5-4-7(11)6-15/h2-3,7H,4-6,11H2,1H3,(H,12,16). The fourth-order valence-corrected chi connectivity index (χ4v) is 1.74. The molecule has 3 N–H and O–H groups in total. The maximum absolute atomic E-state index is 11.3. The summed E-state index contributed by atoms with van der Waals surface area (Å²) in [7, 11) is 1.57. The predicted octanol–water partition coefficient (Wildman–Crippen LogP) is -0.626. The number of carbonyl (C=O) groups is 1. The number of nitrogens with zero attached hydrogens (tertiary/aromatic N) is 3. The minimum absolute atomic E-state index is 0.209. The van der Waals surface area contributed by atoms with Crippen molar-refractivity contribution in [2.75, 3.05) is 25.0 Å². The number of amides is 1. The lowest BCUT2D eigenvalue weighted by Gasteiger charge is -2.15. The second-order valence-corrected chi connectivity index (χ2v) is 3.85. The average molecular weight is 221 g/mol. The van der Waals surface area contributed by atoms with Gasteiger partial charge in [0.15, 0.2) is 11.5 Å². The largest absolute Gasteiger partial charge is 0.354 e. The molecule has 1 atom stereocenters. The van der Waals surface area contributed by atoms with Gasteiger partial charge in [0.2, 0.25) is 0 Å². The van der Waals surface area contributed by atoms with Gasteiger partial charge in [-0.2, -0.15) is 0 Å². The van der Waals surface area contributed by atoms with Gasteiger partial charge < -0.3 is 16.0 Å². The van der Waals surface area contributed by atoms with Gasteiger partial charge in [0, 0.05) is 26.2 Å². The molecule has 1 aromatic rings. The van der Waals surface area contributed by atoms with Crippen LogP contribution in [0.15, 0.2) is 12.1 Å². The molecule has 0 aliphatic carbocycles. The Morgan fingerprint density at radius 1 is 1.56 bits per heavy atom. The summed E-state index contributed by atoms with van der Waals surface area (Å²) in [5, 5.41) is 10.4. The quantitative estimate of drug-likeness (QED) is 0.695. The molecule has 2 rings (SSSR count). The summed E-state index contributed by atoms with van der Waals surface area (Å²) in [5.74, 6) is 0.553. The highest BCUT2D eigenvalue weighted by molar-refractivity contribution is 5.91. The van der Waals surface area contributed by atoms with Crippen molar-refractivity contribution in [1.82, 2.24) is 15.5 Å². The summed E-state index contributed by atoms with van der Waals surface area (Å²) < 4.78 is 0. The van der Waals surface area contributed by atoms with Crippen LogP contribution in [0.25, 0.3) is 0 Å². The lowest BCUT2D eigenvalue weighted by molar-refractivity contribution is 0.0957. The SMILES string of the molecule is CNC(=O)c1ccc(N2CCC(N)C2)nn1. The second kappa shape index (κ2) is 4.44. The van der Waals surface area contributed by atoms with E-state index < -0.39 is 0 Å². The van der Waals surface area contributed by atoms with Crippen LogP contribution in [-0.4, -0.2) is 42.3 Å². The van der Waals surface area contributed by atoms with E-state index in [2.05, 4.69) is 20.4 Å². The van der Waals surface area contributed by atoms with E-state index in [1.807, 2.05) is 0 Å². The Hall–Kier alpha value is -1.69. The minimum atomic E-state index is -0.225. The lowest BCUT2D eigenvalue weighted by Crippen LogP contribution is -2.27. The van der Waals surface area contributed by atoms with Gasteiger partial charge in [-0.25, -0.2) is 0 Å². The molecule has 0 bridgehead atoms. The van der Waals surface area contributed by atoms with Crippen LogP contribution >= 0.6 is 0 Å². The van der Waals surface area contributed by atoms with E-state index in [9.17, 15) is 4.79 Å². The number of hydrogen-bond donors (Lipinski definition) is 2. The van der Waals surface area contributed by atoms with Crippen molar-refractivity contribution >= 4 is 11.7 Å². The summed E-state index contributed by atoms with van der Waals surface area (Å²) in [6.07, 6.45) is 0.971. The smallest absolute Gasteiger partial charge is 0.271 e. The van der Waals surface area contributed by atoms with E-state index in [4.69, 9.17) is 5.73 Å². The van der Waals surface area contributed by atoms with Gasteiger partial charge in [-0.3, -0.25) is 4.79 Å². The molecule has 0 radical (unpaired) electrons. The number of aromatic nitrogens is 2. The molecular formula is C10H15N5O. The van der Waals surface area contributed by atoms with Crippen molar-refractivity contribution in [2.45, 2.75) is 12.5 Å². The average Bonchev–Trinajstić information content (AvgIpc) is 2.75. The summed E-state index contributed by atoms with van der Waals surface area (Å²) in [5.41, 5.74) is 6.14. The Bertz CT molecular complexity index is 377. The highest BCUT2D eigenvalue weighted by Crippen LogP contribution is 2.15. The van der Waals surface area contributed by atoms with Gasteiger partial charge in [0.05, 0.1) is 0 Å². The molecule has 86 valence electrons. The van der Waals surface area contributed by atoms with E-state index in [1.54, 1.807) is 19.2 Å². The van der Waals surface area contributed by atoms with E-state index in [-0.39, 0.29) is 11.9 Å². The van der Waals surface area contributed by atoms with E-state index in [0.29, 0.717) is 5.69 Å². The van der Waals surface area contributed by atoms with Crippen molar-refractivity contribution in [1.29, 1.82) is 0 Å². The number of nitrogens with one attached hydrogen (secondary N) is 1. The van der Waals surface area contributed by atoms with Crippen LogP contribution in [0.5, 0.6) is 0 Å². The molecule has 16 heavy (non-hydrogen) atoms. The van der Waals surface area contributed by atoms with Crippen LogP contribution in [0.3, 0.4) is 0 Å². The van der Waals surface area contributed by atoms with Gasteiger partial charge in [-0.05, 0) is 18.6 Å². The zero-order chi connectivity index (χ0) is 11.5. The van der Waals surface area contributed by atoms with Crippen LogP contribution in [0, 0.1) is 0 Å². The fraction of sp³-hybridized carbons (Fsp3) is 0.500. The molecule has 1 aromatic heterocycles. The van der Waals surface area contributed by atoms with Crippen LogP contribution in [0.1, 0.15) is 16.9 Å². The van der Waals surface area contributed by atoms with Crippen LogP contribution < -0.4 is 16.0 Å². The lowest BCUT2D eigenvalue weighted by atomic mass is 10.3. The Labute approximate surface area is 93.8 Å². The highest BCUT2D eigenvalue weighted by atomic mass is 16.1. The Morgan fingerprint density at radius 2 is 2.38 bits per heavy atom. The third kappa shape index (κ3) is 2.11. The van der Waals surface area contributed by atoms with Crippen molar-refractivity contribution < 1.29 is 4.79 Å². The summed E-state index contributed by atoms with van der Waals surface area (Å²) in [6, 6.07) is 3.68. The molecular weight excluding hydrogens is 206 g/mol. The molecule has 1 saturated heterocycles. The topological polar surface area (TPSA) is 84.1 Å². The molecule has 0 aromatic carbocycles. The number of nitrogens with two attached hydrogens (primary N) is 1. The molecule has 1 unspecified atom stereocenters. The molecule has 0 spiro atoms. The van der Waals surface area contributed by atoms with Gasteiger partial charge in [-0.1, -0.05) is 0 Å². The van der Waals surface area contributed by atoms with Crippen LogP contribution in [0.2, 0.25) is 0 Å². The van der Waals surface area contributed by atoms with Gasteiger partial charge in [-0.15, -0.1) is 10.2 Å². The predicted molar refractivity (Wildman–Crippen MR) is 60.2 cm³/mol. The molecule has 0 saturated carbocycles. The Kier molecular flexibility index (Phi) is 3.00. The molecule has 6 heteroatoms. The monoisotopic (exact) mass is 221 g/mol. The third-order valence-corrected chi connectivity index (χ3v) is 2.66. The number of carbonyl (C=O) groups excluding carboxylic acids is 1. The second-order valence-electron chi connectivity index (χ2n) is 3.85. The third-order valence-electron chi connectivity index (χ3n) is 2.66. The van der Waals surface area contributed by atoms with Gasteiger partial charge in [0.1, 0.15) is 0 Å². The first kappa shape index (κ1) is 10.8. The van der Waals surface area contributed by atoms with E-state index in [0.717, 1.165) is 25.3 Å². The number of rotatable bonds is 2. The fourth-order valence-electron chi connectivity index (χ4n) is 1.74. The molecule has 1 fully saturated rings. The van der Waals surface area contributed by atoms with Crippen molar-refractivity contribution in [3.8, 4) is 0 Å². The molecule has 1 aliphatic heterocycles. The van der Waals surface area contributed by atoms with E-state index in [1.165, 1.54) is 0 Å². The van der Waals surface area contributed by atoms with Gasteiger partial charge >= 0.3 is 0 Å². The van der Waals surface area contributed by atoms with Crippen LogP contribution in [0.4, 0.5) is 5.82 Å². The number of hydrogen-bond acceptors (Lipinski definition) is 5. The number of anilines is 1. The summed E-state index contributed by atoms with van der Waals surface area (Å²) in [4.78, 5) is 13.3. The summed E-state index contributed by atoms with van der Waals surface area (Å²) >= 11 is 0. The van der Waals surface area contributed by atoms with Crippen molar-refractivity contribution in [2.24, 2.45) is 5.73 Å². The summed E-state index contributed by atoms with van der Waals surface area (Å²) in [6.45, 7) is 1.70. The highest BCUT2D eigenvalue weighted by Gasteiger charge is 2.20. The Morgan fingerprint density at radius 3 is 2.88 bits per heavy atom. The zero-order valence-electron chi connectivity index (χ0n) is 9.18. The van der Waals surface area contributed by atoms with Crippen molar-refractivity contribution in [3.05, 3.63) is 17.8 Å². The molecule has 6 nitrogen and oxygen atoms in total. The first-order valence-corrected chi connectivity index (χ1v) is 5.27. The normalized spacial score (nSPS) is 19.9.